The molecule has 1 aliphatic rings. The lowest BCUT2D eigenvalue weighted by Gasteiger charge is -2.32. The molecule has 262 valence electrons. The summed E-state index contributed by atoms with van der Waals surface area (Å²) in [6.45, 7) is 6.62. The number of hydrogen-bond acceptors (Lipinski definition) is 10. The number of aliphatic hydroxyl groups is 1. The van der Waals surface area contributed by atoms with Crippen LogP contribution in [0.25, 0.3) is 0 Å². The van der Waals surface area contributed by atoms with Crippen molar-refractivity contribution in [2.24, 2.45) is 0 Å². The molecule has 14 heteroatoms. The highest BCUT2D eigenvalue weighted by Gasteiger charge is 2.47. The fraction of sp³-hybridized carbons (Fsp3) is 0.471. The van der Waals surface area contributed by atoms with Crippen molar-refractivity contribution >= 4 is 17.6 Å². The molecule has 48 heavy (non-hydrogen) atoms. The monoisotopic (exact) mass is 677 g/mol. The van der Waals surface area contributed by atoms with E-state index in [-0.39, 0.29) is 36.1 Å². The second kappa shape index (κ2) is 17.6. The lowest BCUT2D eigenvalue weighted by Crippen LogP contribution is -2.40. The van der Waals surface area contributed by atoms with E-state index in [1.165, 1.54) is 19.1 Å². The molecule has 2 N–H and O–H groups in total. The van der Waals surface area contributed by atoms with E-state index in [0.29, 0.717) is 25.1 Å². The van der Waals surface area contributed by atoms with Crippen LogP contribution in [0, 0.1) is 10.1 Å². The number of carbonyl (C=O) groups is 2. The first-order valence-corrected chi connectivity index (χ1v) is 15.6. The largest absolute Gasteiger partial charge is 0.491 e. The van der Waals surface area contributed by atoms with E-state index in [1.807, 2.05) is 44.2 Å². The molecule has 1 heterocycles. The zero-order chi connectivity index (χ0) is 35.4. The van der Waals surface area contributed by atoms with Crippen LogP contribution in [0.2, 0.25) is 0 Å². The molecule has 2 unspecified atom stereocenters. The van der Waals surface area contributed by atoms with Crippen molar-refractivity contribution < 1.29 is 47.0 Å². The van der Waals surface area contributed by atoms with Crippen molar-refractivity contribution in [3.63, 3.8) is 0 Å². The second-order valence-electron chi connectivity index (χ2n) is 11.6. The molecule has 0 aromatic heterocycles. The van der Waals surface area contributed by atoms with Gasteiger partial charge in [0.1, 0.15) is 24.2 Å². The van der Waals surface area contributed by atoms with Gasteiger partial charge < -0.3 is 24.6 Å². The van der Waals surface area contributed by atoms with E-state index in [9.17, 15) is 38.0 Å². The molecular weight excluding hydrogens is 635 g/mol. The smallest absolute Gasteiger partial charge is 0.431 e. The van der Waals surface area contributed by atoms with Gasteiger partial charge in [-0.15, -0.1) is 0 Å². The first-order chi connectivity index (χ1) is 22.7. The maximum Gasteiger partial charge on any atom is 0.431 e. The topological polar surface area (TPSA) is 140 Å². The molecule has 0 aliphatic carbocycles. The number of hydrogen-bond donors (Lipinski definition) is 2. The number of allylic oxidation sites excluding steroid dienone is 2. The Morgan fingerprint density at radius 2 is 1.71 bits per heavy atom. The van der Waals surface area contributed by atoms with Gasteiger partial charge in [0.25, 0.3) is 5.69 Å². The fourth-order valence-electron chi connectivity index (χ4n) is 5.41. The molecule has 2 atom stereocenters. The zero-order valence-corrected chi connectivity index (χ0v) is 27.4. The quantitative estimate of drug-likeness (QED) is 0.0914. The number of rotatable bonds is 17. The Morgan fingerprint density at radius 1 is 1.02 bits per heavy atom. The molecule has 2 aromatic carbocycles. The number of carbonyl (C=O) groups excluding carboxylic acids is 2. The van der Waals surface area contributed by atoms with Crippen molar-refractivity contribution in [1.82, 2.24) is 10.2 Å². The highest BCUT2D eigenvalue weighted by Crippen LogP contribution is 2.44. The third-order valence-electron chi connectivity index (χ3n) is 7.82. The number of benzene rings is 2. The minimum absolute atomic E-state index is 0.0376. The number of nitrogens with one attached hydrogen (secondary N) is 1. The summed E-state index contributed by atoms with van der Waals surface area (Å²) < 4.78 is 58.1. The predicted molar refractivity (Wildman–Crippen MR) is 171 cm³/mol. The van der Waals surface area contributed by atoms with Gasteiger partial charge in [0, 0.05) is 30.4 Å². The number of unbranched alkanes of at least 4 members (excludes halogenated alkanes) is 3. The standard InChI is InChI=1S/C34H42F3N3O8/c1-22(2)39(20-26(41)21-48-27-15-8-7-9-16-27)17-10-5-6-11-18-47-33(43)28-23(3)38-31(34(35,36)37)30(32(42)46-4)29(28)24-13-12-14-25(19-24)40(44)45/h7-9,12-16,19,22,26,29,38,41H,5-6,10-11,17-18,20-21H2,1-4H3. The summed E-state index contributed by atoms with van der Waals surface area (Å²) in [5.41, 5.74) is -3.33. The zero-order valence-electron chi connectivity index (χ0n) is 27.4. The number of methoxy groups -OCH3 is 1. The van der Waals surface area contributed by atoms with Crippen LogP contribution in [0.3, 0.4) is 0 Å². The number of esters is 2. The molecular formula is C34H42F3N3O8. The molecule has 0 amide bonds. The first kappa shape index (κ1) is 38.0. The molecule has 3 rings (SSSR count). The van der Waals surface area contributed by atoms with E-state index in [1.54, 1.807) is 0 Å². The Labute approximate surface area is 277 Å². The molecule has 11 nitrogen and oxygen atoms in total. The summed E-state index contributed by atoms with van der Waals surface area (Å²) in [6.07, 6.45) is -2.94. The van der Waals surface area contributed by atoms with Crippen molar-refractivity contribution in [1.29, 1.82) is 0 Å². The molecule has 1 aliphatic heterocycles. The molecule has 0 saturated carbocycles. The van der Waals surface area contributed by atoms with Crippen LogP contribution in [0.4, 0.5) is 18.9 Å². The van der Waals surface area contributed by atoms with Gasteiger partial charge in [0.2, 0.25) is 0 Å². The highest BCUT2D eigenvalue weighted by molar-refractivity contribution is 6.00. The Kier molecular flexibility index (Phi) is 14.0. The minimum atomic E-state index is -5.03. The number of halogens is 3. The number of aliphatic hydroxyl groups excluding tert-OH is 1. The number of para-hydroxylation sites is 1. The van der Waals surface area contributed by atoms with Crippen LogP contribution < -0.4 is 10.1 Å². The lowest BCUT2D eigenvalue weighted by molar-refractivity contribution is -0.384. The molecule has 2 aromatic rings. The Morgan fingerprint density at radius 3 is 2.33 bits per heavy atom. The van der Waals surface area contributed by atoms with Crippen LogP contribution in [0.15, 0.2) is 77.1 Å². The van der Waals surface area contributed by atoms with Crippen LogP contribution in [-0.2, 0) is 19.1 Å². The Balaban J connectivity index is 1.61. The van der Waals surface area contributed by atoms with Crippen molar-refractivity contribution in [2.75, 3.05) is 33.4 Å². The van der Waals surface area contributed by atoms with Gasteiger partial charge in [-0.25, -0.2) is 9.59 Å². The van der Waals surface area contributed by atoms with Crippen molar-refractivity contribution in [2.45, 2.75) is 70.7 Å². The molecule has 0 spiro atoms. The van der Waals surface area contributed by atoms with Gasteiger partial charge >= 0.3 is 18.1 Å². The summed E-state index contributed by atoms with van der Waals surface area (Å²) >= 11 is 0. The second-order valence-corrected chi connectivity index (χ2v) is 11.6. The third-order valence-corrected chi connectivity index (χ3v) is 7.82. The number of dihydropyridines is 1. The lowest BCUT2D eigenvalue weighted by atomic mass is 9.80. The summed E-state index contributed by atoms with van der Waals surface area (Å²) in [5.74, 6) is -3.27. The SMILES string of the molecule is COC(=O)C1=C(C(F)(F)F)NC(C)=C(C(=O)OCCCCCCN(CC(O)COc2ccccc2)C(C)C)C1c1cccc([N+](=O)[O-])c1. The predicted octanol–water partition coefficient (Wildman–Crippen LogP) is 5.80. The van der Waals surface area contributed by atoms with Gasteiger partial charge in [0.15, 0.2) is 0 Å². The Bertz CT molecular complexity index is 1480. The first-order valence-electron chi connectivity index (χ1n) is 15.6. The normalized spacial score (nSPS) is 15.8. The van der Waals surface area contributed by atoms with Crippen LogP contribution >= 0.6 is 0 Å². The van der Waals surface area contributed by atoms with Crippen LogP contribution in [0.5, 0.6) is 5.75 Å². The molecule has 0 radical (unpaired) electrons. The summed E-state index contributed by atoms with van der Waals surface area (Å²) in [7, 11) is 0.903. The van der Waals surface area contributed by atoms with Crippen molar-refractivity contribution in [3.05, 3.63) is 92.8 Å². The summed E-state index contributed by atoms with van der Waals surface area (Å²) in [6, 6.07) is 14.2. The number of alkyl halides is 3. The van der Waals surface area contributed by atoms with Crippen molar-refractivity contribution in [3.8, 4) is 5.75 Å². The number of nitrogens with zero attached hydrogens (tertiary/aromatic N) is 2. The minimum Gasteiger partial charge on any atom is -0.491 e. The van der Waals surface area contributed by atoms with Gasteiger partial charge in [-0.3, -0.25) is 15.0 Å². The van der Waals surface area contributed by atoms with Crippen LogP contribution in [-0.4, -0.2) is 78.6 Å². The summed E-state index contributed by atoms with van der Waals surface area (Å²) in [5, 5.41) is 24.1. The number of non-ortho nitro benzene ring substituents is 1. The summed E-state index contributed by atoms with van der Waals surface area (Å²) in [4.78, 5) is 39.0. The number of nitro benzene ring substituents is 1. The maximum atomic E-state index is 14.1. The molecule has 0 saturated heterocycles. The van der Waals surface area contributed by atoms with Gasteiger partial charge in [-0.05, 0) is 57.9 Å². The van der Waals surface area contributed by atoms with E-state index >= 15 is 0 Å². The van der Waals surface area contributed by atoms with Crippen LogP contribution in [0.1, 0.15) is 57.9 Å². The van der Waals surface area contributed by atoms with Gasteiger partial charge in [-0.1, -0.05) is 43.2 Å². The highest BCUT2D eigenvalue weighted by atomic mass is 19.4. The third kappa shape index (κ3) is 10.5. The average molecular weight is 678 g/mol. The van der Waals surface area contributed by atoms with E-state index in [4.69, 9.17) is 9.47 Å². The Hall–Kier alpha value is -4.43. The molecule has 0 fully saturated rings. The van der Waals surface area contributed by atoms with E-state index < -0.39 is 52.0 Å². The van der Waals surface area contributed by atoms with Gasteiger partial charge in [0.05, 0.1) is 35.7 Å². The maximum absolute atomic E-state index is 14.1. The van der Waals surface area contributed by atoms with E-state index in [0.717, 1.165) is 38.6 Å². The molecule has 0 bridgehead atoms. The van der Waals surface area contributed by atoms with E-state index in [2.05, 4.69) is 15.0 Å². The van der Waals surface area contributed by atoms with Gasteiger partial charge in [-0.2, -0.15) is 13.2 Å². The average Bonchev–Trinajstić information content (AvgIpc) is 3.05. The number of nitro groups is 1. The number of ether oxygens (including phenoxy) is 3. The fourth-order valence-corrected chi connectivity index (χ4v) is 5.41.